The number of nitrogens with zero attached hydrogens (tertiary/aromatic N) is 1. The van der Waals surface area contributed by atoms with Crippen LogP contribution in [0.3, 0.4) is 0 Å². The van der Waals surface area contributed by atoms with Gasteiger partial charge in [0.1, 0.15) is 17.2 Å². The first-order valence-corrected chi connectivity index (χ1v) is 9.26. The van der Waals surface area contributed by atoms with E-state index in [0.717, 1.165) is 17.0 Å². The number of rotatable bonds is 5. The monoisotopic (exact) mass is 394 g/mol. The lowest BCUT2D eigenvalue weighted by atomic mass is 10.1. The molecule has 1 aliphatic rings. The average molecular weight is 395 g/mol. The highest BCUT2D eigenvalue weighted by Crippen LogP contribution is 2.33. The zero-order valence-electron chi connectivity index (χ0n) is 15.3. The minimum Gasteiger partial charge on any atom is -0.497 e. The zero-order valence-corrected chi connectivity index (χ0v) is 16.0. The number of benzene rings is 3. The van der Waals surface area contributed by atoms with Crippen molar-refractivity contribution in [3.8, 4) is 17.2 Å². The molecular formula is C22H19ClN2O3. The lowest BCUT2D eigenvalue weighted by Crippen LogP contribution is -2.29. The van der Waals surface area contributed by atoms with Gasteiger partial charge in [0, 0.05) is 17.3 Å². The number of halogens is 1. The molecule has 5 nitrogen and oxygen atoms in total. The molecule has 3 aromatic rings. The molecule has 1 aliphatic heterocycles. The molecule has 0 bridgehead atoms. The van der Waals surface area contributed by atoms with Crippen LogP contribution in [0.4, 0.5) is 10.5 Å². The van der Waals surface area contributed by atoms with Crippen LogP contribution in [-0.4, -0.2) is 19.7 Å². The first-order valence-electron chi connectivity index (χ1n) is 8.88. The highest BCUT2D eigenvalue weighted by atomic mass is 35.5. The Balaban J connectivity index is 1.56. The lowest BCUT2D eigenvalue weighted by Gasteiger charge is -2.24. The van der Waals surface area contributed by atoms with E-state index in [-0.39, 0.29) is 12.1 Å². The predicted molar refractivity (Wildman–Crippen MR) is 110 cm³/mol. The van der Waals surface area contributed by atoms with E-state index in [4.69, 9.17) is 21.1 Å². The SMILES string of the molecule is COc1cccc(C2CNC(=O)N2c2ccc(Oc3ccc(Cl)cc3)cc2)c1. The van der Waals surface area contributed by atoms with E-state index < -0.39 is 0 Å². The number of ether oxygens (including phenoxy) is 2. The fraction of sp³-hybridized carbons (Fsp3) is 0.136. The van der Waals surface area contributed by atoms with Gasteiger partial charge in [0.25, 0.3) is 0 Å². The summed E-state index contributed by atoms with van der Waals surface area (Å²) in [7, 11) is 1.63. The van der Waals surface area contributed by atoms with E-state index in [0.29, 0.717) is 23.1 Å². The van der Waals surface area contributed by atoms with Gasteiger partial charge in [-0.15, -0.1) is 0 Å². The predicted octanol–water partition coefficient (Wildman–Crippen LogP) is 5.41. The van der Waals surface area contributed by atoms with Crippen molar-refractivity contribution in [2.45, 2.75) is 6.04 Å². The molecule has 0 radical (unpaired) electrons. The van der Waals surface area contributed by atoms with Crippen molar-refractivity contribution in [1.82, 2.24) is 5.32 Å². The first-order chi connectivity index (χ1) is 13.6. The summed E-state index contributed by atoms with van der Waals surface area (Å²) in [4.78, 5) is 14.2. The molecule has 1 heterocycles. The van der Waals surface area contributed by atoms with Gasteiger partial charge in [-0.25, -0.2) is 4.79 Å². The van der Waals surface area contributed by atoms with Crippen molar-refractivity contribution >= 4 is 23.3 Å². The van der Waals surface area contributed by atoms with Gasteiger partial charge in [-0.1, -0.05) is 23.7 Å². The van der Waals surface area contributed by atoms with Crippen LogP contribution in [0.25, 0.3) is 0 Å². The van der Waals surface area contributed by atoms with E-state index in [9.17, 15) is 4.79 Å². The topological polar surface area (TPSA) is 50.8 Å². The number of methoxy groups -OCH3 is 1. The van der Waals surface area contributed by atoms with Crippen LogP contribution in [0.15, 0.2) is 72.8 Å². The Morgan fingerprint density at radius 2 is 1.64 bits per heavy atom. The van der Waals surface area contributed by atoms with Crippen LogP contribution >= 0.6 is 11.6 Å². The summed E-state index contributed by atoms with van der Waals surface area (Å²) in [5.74, 6) is 2.15. The molecule has 28 heavy (non-hydrogen) atoms. The molecular weight excluding hydrogens is 376 g/mol. The molecule has 0 aromatic heterocycles. The Labute approximate surface area is 168 Å². The molecule has 1 fully saturated rings. The summed E-state index contributed by atoms with van der Waals surface area (Å²) in [6.07, 6.45) is 0. The van der Waals surface area contributed by atoms with E-state index in [2.05, 4.69) is 5.32 Å². The number of hydrogen-bond acceptors (Lipinski definition) is 3. The maximum atomic E-state index is 12.5. The Bertz CT molecular complexity index is 974. The third kappa shape index (κ3) is 3.75. The molecule has 1 N–H and O–H groups in total. The van der Waals surface area contributed by atoms with E-state index in [1.165, 1.54) is 0 Å². The summed E-state index contributed by atoms with van der Waals surface area (Å²) >= 11 is 5.90. The molecule has 142 valence electrons. The molecule has 0 aliphatic carbocycles. The van der Waals surface area contributed by atoms with Crippen molar-refractivity contribution in [3.63, 3.8) is 0 Å². The Morgan fingerprint density at radius 1 is 0.964 bits per heavy atom. The zero-order chi connectivity index (χ0) is 19.5. The van der Waals surface area contributed by atoms with Gasteiger partial charge in [-0.3, -0.25) is 4.90 Å². The summed E-state index contributed by atoms with van der Waals surface area (Å²) in [6, 6.07) is 22.2. The summed E-state index contributed by atoms with van der Waals surface area (Å²) in [5.41, 5.74) is 1.81. The maximum Gasteiger partial charge on any atom is 0.322 e. The normalized spacial score (nSPS) is 16.0. The van der Waals surface area contributed by atoms with Gasteiger partial charge >= 0.3 is 6.03 Å². The third-order valence-corrected chi connectivity index (χ3v) is 4.87. The number of nitrogens with one attached hydrogen (secondary N) is 1. The molecule has 1 saturated heterocycles. The fourth-order valence-electron chi connectivity index (χ4n) is 3.23. The standard InChI is InChI=1S/C22H19ClN2O3/c1-27-20-4-2-3-15(13-20)21-14-24-22(26)25(21)17-7-11-19(12-8-17)28-18-9-5-16(23)6-10-18/h2-13,21H,14H2,1H3,(H,24,26). The smallest absolute Gasteiger partial charge is 0.322 e. The number of hydrogen-bond donors (Lipinski definition) is 1. The van der Waals surface area contributed by atoms with Gasteiger partial charge in [-0.05, 0) is 66.2 Å². The number of anilines is 1. The highest BCUT2D eigenvalue weighted by molar-refractivity contribution is 6.30. The van der Waals surface area contributed by atoms with Gasteiger partial charge in [0.05, 0.1) is 13.2 Å². The van der Waals surface area contributed by atoms with Gasteiger partial charge in [0.2, 0.25) is 0 Å². The summed E-state index contributed by atoms with van der Waals surface area (Å²) in [5, 5.41) is 3.57. The maximum absolute atomic E-state index is 12.5. The second-order valence-corrected chi connectivity index (χ2v) is 6.83. The Morgan fingerprint density at radius 3 is 2.32 bits per heavy atom. The number of carbonyl (C=O) groups is 1. The van der Waals surface area contributed by atoms with Gasteiger partial charge < -0.3 is 14.8 Å². The van der Waals surface area contributed by atoms with Crippen LogP contribution in [0, 0.1) is 0 Å². The molecule has 4 rings (SSSR count). The molecule has 0 spiro atoms. The van der Waals surface area contributed by atoms with Crippen molar-refractivity contribution in [1.29, 1.82) is 0 Å². The summed E-state index contributed by atoms with van der Waals surface area (Å²) < 4.78 is 11.1. The van der Waals surface area contributed by atoms with Crippen molar-refractivity contribution in [2.24, 2.45) is 0 Å². The minimum absolute atomic E-state index is 0.106. The van der Waals surface area contributed by atoms with Gasteiger partial charge in [0.15, 0.2) is 0 Å². The highest BCUT2D eigenvalue weighted by Gasteiger charge is 2.33. The lowest BCUT2D eigenvalue weighted by molar-refractivity contribution is 0.251. The largest absolute Gasteiger partial charge is 0.497 e. The van der Waals surface area contributed by atoms with Crippen molar-refractivity contribution in [3.05, 3.63) is 83.4 Å². The van der Waals surface area contributed by atoms with Crippen LogP contribution < -0.4 is 19.7 Å². The molecule has 1 atom stereocenters. The molecule has 0 saturated carbocycles. The quantitative estimate of drug-likeness (QED) is 0.629. The molecule has 2 amide bonds. The first kappa shape index (κ1) is 18.2. The minimum atomic E-state index is -0.126. The number of carbonyl (C=O) groups excluding carboxylic acids is 1. The number of amides is 2. The Kier molecular flexibility index (Phi) is 5.08. The third-order valence-electron chi connectivity index (χ3n) is 4.62. The van der Waals surface area contributed by atoms with Crippen LogP contribution in [0.1, 0.15) is 11.6 Å². The molecule has 1 unspecified atom stereocenters. The van der Waals surface area contributed by atoms with Crippen LogP contribution in [0.2, 0.25) is 5.02 Å². The fourth-order valence-corrected chi connectivity index (χ4v) is 3.35. The van der Waals surface area contributed by atoms with Gasteiger partial charge in [-0.2, -0.15) is 0 Å². The second-order valence-electron chi connectivity index (χ2n) is 6.40. The van der Waals surface area contributed by atoms with E-state index in [1.807, 2.05) is 60.7 Å². The van der Waals surface area contributed by atoms with Crippen molar-refractivity contribution in [2.75, 3.05) is 18.6 Å². The average Bonchev–Trinajstić information content (AvgIpc) is 3.12. The summed E-state index contributed by atoms with van der Waals surface area (Å²) in [6.45, 7) is 0.537. The van der Waals surface area contributed by atoms with E-state index >= 15 is 0 Å². The van der Waals surface area contributed by atoms with Crippen LogP contribution in [-0.2, 0) is 0 Å². The Hall–Kier alpha value is -3.18. The number of urea groups is 1. The molecule has 3 aromatic carbocycles. The van der Waals surface area contributed by atoms with Crippen LogP contribution in [0.5, 0.6) is 17.2 Å². The second kappa shape index (κ2) is 7.82. The van der Waals surface area contributed by atoms with E-state index in [1.54, 1.807) is 24.1 Å². The van der Waals surface area contributed by atoms with Crippen molar-refractivity contribution < 1.29 is 14.3 Å². The molecule has 6 heteroatoms.